The first-order chi connectivity index (χ1) is 15.8. The number of para-hydroxylation sites is 2. The van der Waals surface area contributed by atoms with Crippen LogP contribution in [0.5, 0.6) is 0 Å². The molecule has 1 N–H and O–H groups in total. The van der Waals surface area contributed by atoms with E-state index >= 15 is 0 Å². The Labute approximate surface area is 193 Å². The second-order valence-electron chi connectivity index (χ2n) is 7.86. The van der Waals surface area contributed by atoms with Crippen molar-refractivity contribution >= 4 is 33.3 Å². The van der Waals surface area contributed by atoms with Gasteiger partial charge in [-0.1, -0.05) is 36.4 Å². The summed E-state index contributed by atoms with van der Waals surface area (Å²) in [5.74, 6) is -0.992. The molecule has 33 heavy (non-hydrogen) atoms. The summed E-state index contributed by atoms with van der Waals surface area (Å²) >= 11 is 0. The lowest BCUT2D eigenvalue weighted by molar-refractivity contribution is -0.126. The molecule has 7 nitrogen and oxygen atoms in total. The summed E-state index contributed by atoms with van der Waals surface area (Å²) in [6.45, 7) is 3.88. The van der Waals surface area contributed by atoms with Crippen LogP contribution < -0.4 is 9.62 Å². The van der Waals surface area contributed by atoms with E-state index in [0.717, 1.165) is 23.2 Å². The van der Waals surface area contributed by atoms with Gasteiger partial charge in [0.1, 0.15) is 0 Å². The molecule has 0 bridgehead atoms. The third-order valence-corrected chi connectivity index (χ3v) is 6.96. The fourth-order valence-corrected chi connectivity index (χ4v) is 4.86. The van der Waals surface area contributed by atoms with Gasteiger partial charge in [-0.25, -0.2) is 13.2 Å². The van der Waals surface area contributed by atoms with E-state index in [1.54, 1.807) is 30.0 Å². The molecule has 0 saturated carbocycles. The molecule has 3 aromatic carbocycles. The Morgan fingerprint density at radius 2 is 1.64 bits per heavy atom. The Morgan fingerprint density at radius 1 is 0.970 bits per heavy atom. The van der Waals surface area contributed by atoms with Crippen LogP contribution >= 0.6 is 0 Å². The Kier molecular flexibility index (Phi) is 6.20. The van der Waals surface area contributed by atoms with Crippen LogP contribution in [0.4, 0.5) is 11.4 Å². The fraction of sp³-hybridized carbons (Fsp3) is 0.200. The van der Waals surface area contributed by atoms with Crippen LogP contribution in [-0.4, -0.2) is 32.9 Å². The molecule has 1 aliphatic heterocycles. The van der Waals surface area contributed by atoms with Crippen molar-refractivity contribution in [3.8, 4) is 0 Å². The van der Waals surface area contributed by atoms with E-state index in [1.165, 1.54) is 31.2 Å². The molecule has 0 aromatic heterocycles. The first-order valence-electron chi connectivity index (χ1n) is 10.5. The fourth-order valence-electron chi connectivity index (χ4n) is 3.73. The Balaban J connectivity index is 1.42. The number of sulfonamides is 1. The topological polar surface area (TPSA) is 92.8 Å². The quantitative estimate of drug-likeness (QED) is 0.558. The Hall–Kier alpha value is -3.65. The summed E-state index contributed by atoms with van der Waals surface area (Å²) in [5.41, 5.74) is 3.35. The molecule has 1 aliphatic rings. The minimum atomic E-state index is -3.82. The standard InChI is InChI=1S/C25H24N2O5S/c1-17-7-3-5-9-22(17)26-33(30,31)21-13-11-20(12-14-21)25(29)32-18(2)24(28)27-16-15-19-8-4-6-10-23(19)27/h3-14,18,26H,15-16H2,1-2H3. The van der Waals surface area contributed by atoms with Gasteiger partial charge in [-0.05, 0) is 67.8 Å². The second kappa shape index (κ2) is 9.07. The summed E-state index contributed by atoms with van der Waals surface area (Å²) in [5, 5.41) is 0. The SMILES string of the molecule is Cc1ccccc1NS(=O)(=O)c1ccc(C(=O)OC(C)C(=O)N2CCc3ccccc32)cc1. The number of carbonyl (C=O) groups excluding carboxylic acids is 2. The van der Waals surface area contributed by atoms with Gasteiger partial charge < -0.3 is 9.64 Å². The number of hydrogen-bond donors (Lipinski definition) is 1. The van der Waals surface area contributed by atoms with Crippen LogP contribution in [0.15, 0.2) is 77.7 Å². The van der Waals surface area contributed by atoms with Crippen molar-refractivity contribution in [3.05, 3.63) is 89.5 Å². The van der Waals surface area contributed by atoms with Gasteiger partial charge in [0.2, 0.25) is 0 Å². The van der Waals surface area contributed by atoms with E-state index in [1.807, 2.05) is 30.3 Å². The van der Waals surface area contributed by atoms with Crippen LogP contribution in [-0.2, 0) is 26.0 Å². The van der Waals surface area contributed by atoms with Crippen molar-refractivity contribution in [2.75, 3.05) is 16.2 Å². The molecular weight excluding hydrogens is 440 g/mol. The van der Waals surface area contributed by atoms with E-state index in [0.29, 0.717) is 12.2 Å². The molecule has 3 aromatic rings. The number of benzene rings is 3. The van der Waals surface area contributed by atoms with Crippen molar-refractivity contribution in [2.24, 2.45) is 0 Å². The number of esters is 1. The van der Waals surface area contributed by atoms with Gasteiger partial charge in [0.15, 0.2) is 6.10 Å². The van der Waals surface area contributed by atoms with E-state index in [-0.39, 0.29) is 16.4 Å². The van der Waals surface area contributed by atoms with Crippen molar-refractivity contribution in [2.45, 2.75) is 31.3 Å². The smallest absolute Gasteiger partial charge is 0.338 e. The Morgan fingerprint density at radius 3 is 2.36 bits per heavy atom. The second-order valence-corrected chi connectivity index (χ2v) is 9.54. The predicted molar refractivity (Wildman–Crippen MR) is 126 cm³/mol. The molecule has 0 saturated heterocycles. The number of anilines is 2. The van der Waals surface area contributed by atoms with Crippen LogP contribution in [0.25, 0.3) is 0 Å². The molecule has 0 aliphatic carbocycles. The maximum Gasteiger partial charge on any atom is 0.338 e. The molecule has 1 heterocycles. The lowest BCUT2D eigenvalue weighted by atomic mass is 10.2. The minimum Gasteiger partial charge on any atom is -0.449 e. The minimum absolute atomic E-state index is 0.0140. The zero-order chi connectivity index (χ0) is 23.6. The molecule has 1 amide bonds. The molecule has 170 valence electrons. The maximum absolute atomic E-state index is 12.8. The predicted octanol–water partition coefficient (Wildman–Crippen LogP) is 3.93. The normalized spacial score (nSPS) is 13.8. The van der Waals surface area contributed by atoms with Crippen molar-refractivity contribution in [1.82, 2.24) is 0 Å². The lowest BCUT2D eigenvalue weighted by Crippen LogP contribution is -2.39. The van der Waals surface area contributed by atoms with Gasteiger partial charge in [0.05, 0.1) is 16.1 Å². The monoisotopic (exact) mass is 464 g/mol. The van der Waals surface area contributed by atoms with E-state index in [4.69, 9.17) is 4.74 Å². The average molecular weight is 465 g/mol. The number of hydrogen-bond acceptors (Lipinski definition) is 5. The number of carbonyl (C=O) groups is 2. The van der Waals surface area contributed by atoms with Crippen molar-refractivity contribution < 1.29 is 22.7 Å². The van der Waals surface area contributed by atoms with Gasteiger partial charge in [-0.2, -0.15) is 0 Å². The molecule has 0 radical (unpaired) electrons. The summed E-state index contributed by atoms with van der Waals surface area (Å²) in [4.78, 5) is 27.0. The van der Waals surface area contributed by atoms with E-state index in [2.05, 4.69) is 4.72 Å². The van der Waals surface area contributed by atoms with E-state index < -0.39 is 22.1 Å². The highest BCUT2D eigenvalue weighted by atomic mass is 32.2. The first-order valence-corrected chi connectivity index (χ1v) is 12.0. The first kappa shape index (κ1) is 22.5. The zero-order valence-corrected chi connectivity index (χ0v) is 19.1. The number of amides is 1. The molecule has 0 spiro atoms. The van der Waals surface area contributed by atoms with E-state index in [9.17, 15) is 18.0 Å². The van der Waals surface area contributed by atoms with Gasteiger partial charge in [-0.3, -0.25) is 9.52 Å². The average Bonchev–Trinajstić information content (AvgIpc) is 3.24. The molecule has 8 heteroatoms. The lowest BCUT2D eigenvalue weighted by Gasteiger charge is -2.21. The van der Waals surface area contributed by atoms with Gasteiger partial charge in [0, 0.05) is 12.2 Å². The number of nitrogens with one attached hydrogen (secondary N) is 1. The van der Waals surface area contributed by atoms with Crippen LogP contribution in [0.2, 0.25) is 0 Å². The number of aryl methyl sites for hydroxylation is 1. The summed E-state index contributed by atoms with van der Waals surface area (Å²) in [6.07, 6.45) is -0.218. The maximum atomic E-state index is 12.8. The van der Waals surface area contributed by atoms with Crippen molar-refractivity contribution in [3.63, 3.8) is 0 Å². The highest BCUT2D eigenvalue weighted by molar-refractivity contribution is 7.92. The number of ether oxygens (including phenoxy) is 1. The summed E-state index contributed by atoms with van der Waals surface area (Å²) in [6, 6.07) is 20.1. The Bertz CT molecular complexity index is 1300. The van der Waals surface area contributed by atoms with Gasteiger partial charge in [0.25, 0.3) is 15.9 Å². The van der Waals surface area contributed by atoms with Gasteiger partial charge >= 0.3 is 5.97 Å². The summed E-state index contributed by atoms with van der Waals surface area (Å²) in [7, 11) is -3.82. The highest BCUT2D eigenvalue weighted by Gasteiger charge is 2.30. The number of rotatable bonds is 6. The molecule has 1 unspecified atom stereocenters. The zero-order valence-electron chi connectivity index (χ0n) is 18.3. The number of fused-ring (bicyclic) bond motifs is 1. The largest absolute Gasteiger partial charge is 0.449 e. The highest BCUT2D eigenvalue weighted by Crippen LogP contribution is 2.28. The molecular formula is C25H24N2O5S. The van der Waals surface area contributed by atoms with Crippen LogP contribution in [0, 0.1) is 6.92 Å². The molecule has 4 rings (SSSR count). The molecule has 0 fully saturated rings. The third-order valence-electron chi connectivity index (χ3n) is 5.57. The molecule has 1 atom stereocenters. The van der Waals surface area contributed by atoms with Crippen LogP contribution in [0.3, 0.4) is 0 Å². The third kappa shape index (κ3) is 4.75. The van der Waals surface area contributed by atoms with Crippen LogP contribution in [0.1, 0.15) is 28.4 Å². The summed E-state index contributed by atoms with van der Waals surface area (Å²) < 4.78 is 33.3. The number of nitrogens with zero attached hydrogens (tertiary/aromatic N) is 1. The van der Waals surface area contributed by atoms with Crippen molar-refractivity contribution in [1.29, 1.82) is 0 Å². The van der Waals surface area contributed by atoms with Gasteiger partial charge in [-0.15, -0.1) is 0 Å².